The second-order valence-electron chi connectivity index (χ2n) is 7.35. The summed E-state index contributed by atoms with van der Waals surface area (Å²) in [6.45, 7) is 6.60. The molecule has 3 rings (SSSR count). The minimum Gasteiger partial charge on any atom is -0.487 e. The van der Waals surface area contributed by atoms with Crippen LogP contribution in [0, 0.1) is 6.92 Å². The number of nitrogens with one attached hydrogen (secondary N) is 1. The average Bonchev–Trinajstić information content (AvgIpc) is 2.80. The molecule has 0 aliphatic carbocycles. The Labute approximate surface area is 189 Å². The first-order valence-electron chi connectivity index (χ1n) is 10.5. The predicted molar refractivity (Wildman–Crippen MR) is 126 cm³/mol. The fourth-order valence-electron chi connectivity index (χ4n) is 3.29. The fourth-order valence-corrected chi connectivity index (χ4v) is 4.80. The molecule has 6 nitrogen and oxygen atoms in total. The van der Waals surface area contributed by atoms with Crippen LogP contribution in [0.25, 0.3) is 0 Å². The number of aryl methyl sites for hydroxylation is 1. The molecule has 0 heterocycles. The first-order valence-corrected chi connectivity index (χ1v) is 12.0. The van der Waals surface area contributed by atoms with E-state index in [-0.39, 0.29) is 10.5 Å². The highest BCUT2D eigenvalue weighted by molar-refractivity contribution is 7.89. The van der Waals surface area contributed by atoms with Crippen LogP contribution in [0.4, 0.5) is 5.69 Å². The number of benzene rings is 3. The first kappa shape index (κ1) is 23.5. The van der Waals surface area contributed by atoms with Gasteiger partial charge in [-0.3, -0.25) is 4.79 Å². The van der Waals surface area contributed by atoms with E-state index in [0.29, 0.717) is 31.1 Å². The van der Waals surface area contributed by atoms with Gasteiger partial charge >= 0.3 is 0 Å². The molecule has 0 fully saturated rings. The van der Waals surface area contributed by atoms with E-state index in [2.05, 4.69) is 5.32 Å². The van der Waals surface area contributed by atoms with Crippen LogP contribution in [0.1, 0.15) is 35.3 Å². The third-order valence-electron chi connectivity index (χ3n) is 5.06. The van der Waals surface area contributed by atoms with E-state index in [1.54, 1.807) is 32.0 Å². The number of sulfonamides is 1. The van der Waals surface area contributed by atoms with Crippen LogP contribution in [0.5, 0.6) is 5.75 Å². The third-order valence-corrected chi connectivity index (χ3v) is 7.11. The van der Waals surface area contributed by atoms with Gasteiger partial charge in [0, 0.05) is 18.7 Å². The SMILES string of the molecule is CCN(CC)S(=O)(=O)c1cccc(C(=O)Nc2ccc(C)cc2OCc2ccccc2)c1. The predicted octanol–water partition coefficient (Wildman–Crippen LogP) is 4.86. The van der Waals surface area contributed by atoms with Crippen LogP contribution in [0.15, 0.2) is 77.7 Å². The summed E-state index contributed by atoms with van der Waals surface area (Å²) < 4.78 is 32.9. The molecule has 0 saturated heterocycles. The monoisotopic (exact) mass is 452 g/mol. The number of hydrogen-bond donors (Lipinski definition) is 1. The van der Waals surface area contributed by atoms with Crippen molar-refractivity contribution in [3.05, 3.63) is 89.5 Å². The molecular formula is C25H28N2O4S. The van der Waals surface area contributed by atoms with Crippen LogP contribution in [-0.2, 0) is 16.6 Å². The Morgan fingerprint density at radius 1 is 0.938 bits per heavy atom. The van der Waals surface area contributed by atoms with Gasteiger partial charge in [0.1, 0.15) is 12.4 Å². The van der Waals surface area contributed by atoms with Gasteiger partial charge in [0.25, 0.3) is 5.91 Å². The van der Waals surface area contributed by atoms with Gasteiger partial charge in [-0.05, 0) is 48.4 Å². The Morgan fingerprint density at radius 2 is 1.66 bits per heavy atom. The van der Waals surface area contributed by atoms with Crippen molar-refractivity contribution in [2.75, 3.05) is 18.4 Å². The third kappa shape index (κ3) is 5.55. The summed E-state index contributed by atoms with van der Waals surface area (Å²) in [6.07, 6.45) is 0. The summed E-state index contributed by atoms with van der Waals surface area (Å²) in [5.74, 6) is 0.143. The minimum absolute atomic E-state index is 0.0957. The van der Waals surface area contributed by atoms with Crippen LogP contribution >= 0.6 is 0 Å². The second kappa shape index (κ2) is 10.4. The summed E-state index contributed by atoms with van der Waals surface area (Å²) >= 11 is 0. The van der Waals surface area contributed by atoms with Gasteiger partial charge in [-0.25, -0.2) is 8.42 Å². The number of carbonyl (C=O) groups excluding carboxylic acids is 1. The molecule has 1 amide bonds. The molecule has 0 aliphatic rings. The van der Waals surface area contributed by atoms with Gasteiger partial charge in [-0.2, -0.15) is 4.31 Å². The van der Waals surface area contributed by atoms with E-state index >= 15 is 0 Å². The Kier molecular flexibility index (Phi) is 7.66. The Bertz CT molecular complexity index is 1170. The Hall–Kier alpha value is -3.16. The maximum Gasteiger partial charge on any atom is 0.255 e. The van der Waals surface area contributed by atoms with Crippen LogP contribution in [0.2, 0.25) is 0 Å². The van der Waals surface area contributed by atoms with Gasteiger partial charge in [0.15, 0.2) is 0 Å². The van der Waals surface area contributed by atoms with Crippen molar-refractivity contribution in [2.45, 2.75) is 32.3 Å². The van der Waals surface area contributed by atoms with E-state index in [4.69, 9.17) is 4.74 Å². The number of hydrogen-bond acceptors (Lipinski definition) is 4. The van der Waals surface area contributed by atoms with Gasteiger partial charge in [0.05, 0.1) is 10.6 Å². The zero-order valence-electron chi connectivity index (χ0n) is 18.5. The number of carbonyl (C=O) groups is 1. The molecule has 3 aromatic rings. The Balaban J connectivity index is 1.82. The highest BCUT2D eigenvalue weighted by Crippen LogP contribution is 2.27. The number of anilines is 1. The molecule has 0 atom stereocenters. The summed E-state index contributed by atoms with van der Waals surface area (Å²) in [7, 11) is -3.65. The molecule has 0 unspecified atom stereocenters. The number of ether oxygens (including phenoxy) is 1. The van der Waals surface area contributed by atoms with Gasteiger partial charge in [0.2, 0.25) is 10.0 Å². The zero-order chi connectivity index (χ0) is 23.1. The van der Waals surface area contributed by atoms with E-state index in [0.717, 1.165) is 11.1 Å². The van der Waals surface area contributed by atoms with Crippen molar-refractivity contribution in [2.24, 2.45) is 0 Å². The lowest BCUT2D eigenvalue weighted by molar-refractivity contribution is 0.102. The molecule has 3 aromatic carbocycles. The smallest absolute Gasteiger partial charge is 0.255 e. The standard InChI is InChI=1S/C25H28N2O4S/c1-4-27(5-2)32(29,30)22-13-9-12-21(17-22)25(28)26-23-15-14-19(3)16-24(23)31-18-20-10-7-6-8-11-20/h6-17H,4-5,18H2,1-3H3,(H,26,28). The lowest BCUT2D eigenvalue weighted by Gasteiger charge is -2.19. The lowest BCUT2D eigenvalue weighted by atomic mass is 10.1. The van der Waals surface area contributed by atoms with Crippen LogP contribution < -0.4 is 10.1 Å². The lowest BCUT2D eigenvalue weighted by Crippen LogP contribution is -2.30. The van der Waals surface area contributed by atoms with Crippen molar-refractivity contribution >= 4 is 21.6 Å². The molecule has 0 radical (unpaired) electrons. The van der Waals surface area contributed by atoms with E-state index in [1.807, 2.05) is 49.4 Å². The van der Waals surface area contributed by atoms with Crippen molar-refractivity contribution in [1.82, 2.24) is 4.31 Å². The topological polar surface area (TPSA) is 75.7 Å². The summed E-state index contributed by atoms with van der Waals surface area (Å²) in [5, 5.41) is 2.85. The van der Waals surface area contributed by atoms with E-state index in [9.17, 15) is 13.2 Å². The molecule has 7 heteroatoms. The molecule has 32 heavy (non-hydrogen) atoms. The number of rotatable bonds is 9. The first-order chi connectivity index (χ1) is 15.3. The number of nitrogens with zero attached hydrogens (tertiary/aromatic N) is 1. The van der Waals surface area contributed by atoms with Crippen LogP contribution in [0.3, 0.4) is 0 Å². The molecule has 0 aromatic heterocycles. The van der Waals surface area contributed by atoms with Crippen molar-refractivity contribution in [3.8, 4) is 5.75 Å². The zero-order valence-corrected chi connectivity index (χ0v) is 19.4. The van der Waals surface area contributed by atoms with Gasteiger partial charge in [-0.1, -0.05) is 56.3 Å². The summed E-state index contributed by atoms with van der Waals surface area (Å²) in [4.78, 5) is 13.0. The highest BCUT2D eigenvalue weighted by Gasteiger charge is 2.22. The Morgan fingerprint density at radius 3 is 2.34 bits per heavy atom. The molecule has 0 saturated carbocycles. The number of amides is 1. The van der Waals surface area contributed by atoms with Crippen molar-refractivity contribution < 1.29 is 17.9 Å². The van der Waals surface area contributed by atoms with E-state index < -0.39 is 15.9 Å². The fraction of sp³-hybridized carbons (Fsp3) is 0.240. The van der Waals surface area contributed by atoms with Crippen molar-refractivity contribution in [1.29, 1.82) is 0 Å². The van der Waals surface area contributed by atoms with Crippen LogP contribution in [-0.4, -0.2) is 31.7 Å². The molecule has 1 N–H and O–H groups in total. The highest BCUT2D eigenvalue weighted by atomic mass is 32.2. The molecule has 168 valence electrons. The van der Waals surface area contributed by atoms with E-state index in [1.165, 1.54) is 16.4 Å². The molecule has 0 bridgehead atoms. The largest absolute Gasteiger partial charge is 0.487 e. The average molecular weight is 453 g/mol. The van der Waals surface area contributed by atoms with Gasteiger partial charge in [-0.15, -0.1) is 0 Å². The van der Waals surface area contributed by atoms with Gasteiger partial charge < -0.3 is 10.1 Å². The maximum absolute atomic E-state index is 12.9. The minimum atomic E-state index is -3.65. The summed E-state index contributed by atoms with van der Waals surface area (Å²) in [6, 6.07) is 21.4. The molecular weight excluding hydrogens is 424 g/mol. The quantitative estimate of drug-likeness (QED) is 0.503. The summed E-state index contributed by atoms with van der Waals surface area (Å²) in [5.41, 5.74) is 2.79. The second-order valence-corrected chi connectivity index (χ2v) is 9.28. The molecule has 0 aliphatic heterocycles. The maximum atomic E-state index is 12.9. The normalized spacial score (nSPS) is 11.4. The van der Waals surface area contributed by atoms with Crippen molar-refractivity contribution in [3.63, 3.8) is 0 Å². The molecule has 0 spiro atoms.